The van der Waals surface area contributed by atoms with E-state index in [2.05, 4.69) is 13.2 Å². The third kappa shape index (κ3) is 6.69. The molecule has 3 aliphatic rings. The number of rotatable bonds is 16. The van der Waals surface area contributed by atoms with Gasteiger partial charge in [0.2, 0.25) is 17.7 Å². The zero-order valence-corrected chi connectivity index (χ0v) is 27.9. The Morgan fingerprint density at radius 2 is 1.79 bits per heavy atom. The first kappa shape index (κ1) is 35.0. The zero-order valence-electron chi connectivity index (χ0n) is 27.9. The Hall–Kier alpha value is -4.28. The quantitative estimate of drug-likeness (QED) is 0.214. The van der Waals surface area contributed by atoms with E-state index >= 15 is 0 Å². The van der Waals surface area contributed by atoms with E-state index in [1.807, 2.05) is 67.6 Å². The molecule has 48 heavy (non-hydrogen) atoms. The van der Waals surface area contributed by atoms with Crippen LogP contribution in [0.1, 0.15) is 56.3 Å². The molecule has 1 spiro atoms. The zero-order chi connectivity index (χ0) is 34.4. The molecule has 0 saturated carbocycles. The van der Waals surface area contributed by atoms with Gasteiger partial charge in [0.15, 0.2) is 0 Å². The number of benzene rings is 2. The normalized spacial score (nSPS) is 25.2. The smallest absolute Gasteiger partial charge is 0.313 e. The van der Waals surface area contributed by atoms with Gasteiger partial charge in [-0.05, 0) is 43.7 Å². The lowest BCUT2D eigenvalue weighted by atomic mass is 9.70. The third-order valence-electron chi connectivity index (χ3n) is 10.1. The molecule has 3 heterocycles. The summed E-state index contributed by atoms with van der Waals surface area (Å²) in [6.07, 6.45) is 3.96. The van der Waals surface area contributed by atoms with Gasteiger partial charge in [-0.1, -0.05) is 72.8 Å². The first-order chi connectivity index (χ1) is 23.2. The van der Waals surface area contributed by atoms with Crippen molar-refractivity contribution in [3.63, 3.8) is 0 Å². The number of aliphatic hydroxyl groups is 1. The van der Waals surface area contributed by atoms with Gasteiger partial charge in [0, 0.05) is 39.7 Å². The van der Waals surface area contributed by atoms with E-state index in [4.69, 9.17) is 9.47 Å². The fourth-order valence-electron chi connectivity index (χ4n) is 7.67. The fourth-order valence-corrected chi connectivity index (χ4v) is 7.67. The highest BCUT2D eigenvalue weighted by Crippen LogP contribution is 2.59. The molecule has 3 amide bonds. The summed E-state index contributed by atoms with van der Waals surface area (Å²) in [4.78, 5) is 60.9. The van der Waals surface area contributed by atoms with Gasteiger partial charge in [-0.3, -0.25) is 19.2 Å². The maximum absolute atomic E-state index is 14.5. The Balaban J connectivity index is 1.45. The lowest BCUT2D eigenvalue weighted by molar-refractivity contribution is -0.164. The van der Waals surface area contributed by atoms with Crippen molar-refractivity contribution >= 4 is 23.7 Å². The van der Waals surface area contributed by atoms with Gasteiger partial charge < -0.3 is 29.3 Å². The SMILES string of the molecule is C=CCCC(=O)N(C)[C@@H](C)[C@@H](OC(=O)[C@@H]1[C@H]2C(=O)N(CCCO)[C@H](C(=O)N(CC=C)Cc3ccccc3)[C@]23CC[C@H]1O3)c1ccccc1. The fraction of sp³-hybridized carbons (Fsp3) is 0.474. The third-order valence-corrected chi connectivity index (χ3v) is 10.1. The largest absolute Gasteiger partial charge is 0.455 e. The molecule has 10 nitrogen and oxygen atoms in total. The predicted molar refractivity (Wildman–Crippen MR) is 180 cm³/mol. The Morgan fingerprint density at radius 3 is 2.44 bits per heavy atom. The van der Waals surface area contributed by atoms with E-state index in [9.17, 15) is 24.3 Å². The summed E-state index contributed by atoms with van der Waals surface area (Å²) in [5.41, 5.74) is 0.441. The van der Waals surface area contributed by atoms with Crippen LogP contribution in [0.25, 0.3) is 0 Å². The Kier molecular flexibility index (Phi) is 11.2. The number of carbonyl (C=O) groups excluding carboxylic acids is 4. The molecular weight excluding hydrogens is 610 g/mol. The summed E-state index contributed by atoms with van der Waals surface area (Å²) in [5, 5.41) is 9.70. The van der Waals surface area contributed by atoms with Gasteiger partial charge in [-0.15, -0.1) is 13.2 Å². The molecule has 0 radical (unpaired) electrons. The van der Waals surface area contributed by atoms with E-state index in [0.29, 0.717) is 25.8 Å². The minimum Gasteiger partial charge on any atom is -0.455 e. The summed E-state index contributed by atoms with van der Waals surface area (Å²) in [5.74, 6) is -3.16. The number of allylic oxidation sites excluding steroid dienone is 1. The molecule has 2 bridgehead atoms. The number of esters is 1. The van der Waals surface area contributed by atoms with Gasteiger partial charge in [0.25, 0.3) is 0 Å². The topological polar surface area (TPSA) is 117 Å². The number of nitrogens with zero attached hydrogens (tertiary/aromatic N) is 3. The van der Waals surface area contributed by atoms with Crippen molar-refractivity contribution in [2.45, 2.75) is 75.5 Å². The lowest BCUT2D eigenvalue weighted by Gasteiger charge is -2.37. The van der Waals surface area contributed by atoms with Crippen LogP contribution in [0.3, 0.4) is 0 Å². The number of aliphatic hydroxyl groups excluding tert-OH is 1. The van der Waals surface area contributed by atoms with Gasteiger partial charge in [-0.25, -0.2) is 0 Å². The summed E-state index contributed by atoms with van der Waals surface area (Å²) in [6.45, 7) is 9.96. The minimum atomic E-state index is -1.21. The maximum Gasteiger partial charge on any atom is 0.313 e. The average Bonchev–Trinajstić information content (AvgIpc) is 3.75. The molecule has 2 aromatic rings. The van der Waals surface area contributed by atoms with Crippen LogP contribution in [0, 0.1) is 11.8 Å². The molecule has 3 saturated heterocycles. The number of likely N-dealkylation sites (N-methyl/N-ethyl adjacent to an activating group) is 1. The second-order valence-electron chi connectivity index (χ2n) is 13.0. The van der Waals surface area contributed by atoms with Crippen LogP contribution in [-0.4, -0.2) is 94.0 Å². The monoisotopic (exact) mass is 657 g/mol. The average molecular weight is 658 g/mol. The molecule has 0 unspecified atom stereocenters. The number of hydrogen-bond acceptors (Lipinski definition) is 7. The van der Waals surface area contributed by atoms with Crippen molar-refractivity contribution in [1.29, 1.82) is 0 Å². The van der Waals surface area contributed by atoms with Crippen LogP contribution < -0.4 is 0 Å². The molecule has 256 valence electrons. The first-order valence-corrected chi connectivity index (χ1v) is 16.8. The van der Waals surface area contributed by atoms with E-state index in [1.54, 1.807) is 29.0 Å². The van der Waals surface area contributed by atoms with Gasteiger partial charge >= 0.3 is 5.97 Å². The lowest BCUT2D eigenvalue weighted by Crippen LogP contribution is -2.56. The highest BCUT2D eigenvalue weighted by molar-refractivity contribution is 5.98. The highest BCUT2D eigenvalue weighted by atomic mass is 16.6. The number of amides is 3. The minimum absolute atomic E-state index is 0.104. The molecule has 0 aromatic heterocycles. The molecule has 5 rings (SSSR count). The standard InChI is InChI=1S/C38H47N3O7/c1-5-7-19-30(43)39(4)26(3)33(28-17-12-9-13-18-28)47-37(46)31-29-20-21-38(48-29)32(31)35(44)41(23-14-24-42)34(38)36(45)40(22-6-2)25-27-15-10-8-11-16-27/h5-6,8-13,15-18,26,29,31-34,42H,1-2,7,14,19-25H2,3-4H3/t26-,29+,31-,32-,33+,34+,38-/m0/s1. The Morgan fingerprint density at radius 1 is 1.10 bits per heavy atom. The van der Waals surface area contributed by atoms with E-state index in [-0.39, 0.29) is 50.3 Å². The van der Waals surface area contributed by atoms with Gasteiger partial charge in [0.05, 0.1) is 24.0 Å². The summed E-state index contributed by atoms with van der Waals surface area (Å²) < 4.78 is 12.9. The highest BCUT2D eigenvalue weighted by Gasteiger charge is 2.75. The van der Waals surface area contributed by atoms with Crippen molar-refractivity contribution in [3.05, 3.63) is 97.1 Å². The van der Waals surface area contributed by atoms with Crippen LogP contribution in [0.4, 0.5) is 0 Å². The van der Waals surface area contributed by atoms with Crippen LogP contribution in [0.2, 0.25) is 0 Å². The van der Waals surface area contributed by atoms with Gasteiger partial charge in [0.1, 0.15) is 17.7 Å². The Labute approximate surface area is 283 Å². The van der Waals surface area contributed by atoms with Crippen LogP contribution in [0.15, 0.2) is 86.0 Å². The molecule has 3 fully saturated rings. The molecular formula is C38H47N3O7. The van der Waals surface area contributed by atoms with Crippen molar-refractivity contribution < 1.29 is 33.8 Å². The van der Waals surface area contributed by atoms with Crippen molar-refractivity contribution in [1.82, 2.24) is 14.7 Å². The second kappa shape index (κ2) is 15.3. The van der Waals surface area contributed by atoms with Crippen molar-refractivity contribution in [2.24, 2.45) is 11.8 Å². The molecule has 2 aromatic carbocycles. The first-order valence-electron chi connectivity index (χ1n) is 16.8. The van der Waals surface area contributed by atoms with Crippen LogP contribution in [0.5, 0.6) is 0 Å². The summed E-state index contributed by atoms with van der Waals surface area (Å²) in [6, 6.07) is 17.4. The summed E-state index contributed by atoms with van der Waals surface area (Å²) in [7, 11) is 1.69. The second-order valence-corrected chi connectivity index (χ2v) is 13.0. The van der Waals surface area contributed by atoms with E-state index in [1.165, 1.54) is 4.90 Å². The van der Waals surface area contributed by atoms with E-state index in [0.717, 1.165) is 11.1 Å². The molecule has 0 aliphatic carbocycles. The summed E-state index contributed by atoms with van der Waals surface area (Å²) >= 11 is 0. The van der Waals surface area contributed by atoms with Crippen LogP contribution in [-0.2, 0) is 35.2 Å². The van der Waals surface area contributed by atoms with Crippen LogP contribution >= 0.6 is 0 Å². The molecule has 10 heteroatoms. The van der Waals surface area contributed by atoms with Crippen molar-refractivity contribution in [3.8, 4) is 0 Å². The van der Waals surface area contributed by atoms with Gasteiger partial charge in [-0.2, -0.15) is 0 Å². The molecule has 3 aliphatic heterocycles. The number of hydrogen-bond donors (Lipinski definition) is 1. The predicted octanol–water partition coefficient (Wildman–Crippen LogP) is 4.06. The number of ether oxygens (including phenoxy) is 2. The number of fused-ring (bicyclic) bond motifs is 1. The number of likely N-dealkylation sites (tertiary alicyclic amines) is 1. The van der Waals surface area contributed by atoms with Crippen molar-refractivity contribution in [2.75, 3.05) is 26.7 Å². The maximum atomic E-state index is 14.5. The molecule has 7 atom stereocenters. The molecule has 1 N–H and O–H groups in total. The van der Waals surface area contributed by atoms with E-state index < -0.39 is 47.7 Å². The number of carbonyl (C=O) groups is 4. The Bertz CT molecular complexity index is 1480.